The molecule has 0 saturated carbocycles. The number of benzene rings is 1. The first-order valence-corrected chi connectivity index (χ1v) is 12.8. The number of carbonyl (C=O) groups excluding carboxylic acids is 1. The molecule has 1 amide bonds. The fourth-order valence-corrected chi connectivity index (χ4v) is 4.73. The summed E-state index contributed by atoms with van der Waals surface area (Å²) in [6, 6.07) is 6.03. The van der Waals surface area contributed by atoms with Gasteiger partial charge < -0.3 is 28.9 Å². The van der Waals surface area contributed by atoms with E-state index in [4.69, 9.17) is 14.2 Å². The van der Waals surface area contributed by atoms with Crippen molar-refractivity contribution in [3.63, 3.8) is 0 Å². The van der Waals surface area contributed by atoms with E-state index in [2.05, 4.69) is 20.0 Å². The fraction of sp³-hybridized carbons (Fsp3) is 0.538. The van der Waals surface area contributed by atoms with Crippen molar-refractivity contribution < 1.29 is 23.4 Å². The van der Waals surface area contributed by atoms with Gasteiger partial charge in [-0.1, -0.05) is 0 Å². The van der Waals surface area contributed by atoms with E-state index in [-0.39, 0.29) is 12.6 Å². The molecule has 2 aliphatic rings. The standard InChI is InChI=1S/C26H34FN7O4/c1-17-12-18-15-28-34(23-14-22(29-24(30-23)36-5)31-8-10-37-11-9-31)20(18)13-19(17)33-7-6-32(16-21(33)27)25(35)38-26(2,3)4/h12-15,21H,6-11,16H2,1-5H3. The Balaban J connectivity index is 1.45. The van der Waals surface area contributed by atoms with Gasteiger partial charge in [-0.05, 0) is 45.4 Å². The lowest BCUT2D eigenvalue weighted by molar-refractivity contribution is 0.0161. The highest BCUT2D eigenvalue weighted by atomic mass is 19.1. The normalized spacial score (nSPS) is 18.7. The molecule has 0 spiro atoms. The van der Waals surface area contributed by atoms with Crippen LogP contribution in [0.5, 0.6) is 6.01 Å². The molecule has 0 bridgehead atoms. The molecule has 3 aromatic rings. The summed E-state index contributed by atoms with van der Waals surface area (Å²) in [5, 5.41) is 5.49. The Bertz CT molecular complexity index is 1320. The third kappa shape index (κ3) is 5.31. The van der Waals surface area contributed by atoms with Crippen LogP contribution in [0.3, 0.4) is 0 Å². The van der Waals surface area contributed by atoms with E-state index in [0.717, 1.165) is 41.1 Å². The molecule has 11 nitrogen and oxygen atoms in total. The second-order valence-corrected chi connectivity index (χ2v) is 10.5. The molecule has 204 valence electrons. The SMILES string of the molecule is COc1nc(N2CCOCC2)cc(-n2ncc3cc(C)c(N4CCN(C(=O)OC(C)(C)C)CC4F)cc32)n1. The predicted molar refractivity (Wildman–Crippen MR) is 141 cm³/mol. The molecule has 1 atom stereocenters. The summed E-state index contributed by atoms with van der Waals surface area (Å²) >= 11 is 0. The van der Waals surface area contributed by atoms with Gasteiger partial charge in [0.05, 0.1) is 38.6 Å². The van der Waals surface area contributed by atoms with Crippen LogP contribution >= 0.6 is 0 Å². The summed E-state index contributed by atoms with van der Waals surface area (Å²) in [6.45, 7) is 10.7. The van der Waals surface area contributed by atoms with Gasteiger partial charge in [-0.25, -0.2) is 13.9 Å². The minimum absolute atomic E-state index is 0.0718. The lowest BCUT2D eigenvalue weighted by Gasteiger charge is -2.39. The van der Waals surface area contributed by atoms with Crippen LogP contribution in [0.4, 0.5) is 20.7 Å². The van der Waals surface area contributed by atoms with Crippen LogP contribution in [0.15, 0.2) is 24.4 Å². The number of alkyl halides is 1. The fourth-order valence-electron chi connectivity index (χ4n) is 4.73. The third-order valence-corrected chi connectivity index (χ3v) is 6.58. The molecule has 12 heteroatoms. The van der Waals surface area contributed by atoms with Crippen LogP contribution in [-0.2, 0) is 9.47 Å². The second-order valence-electron chi connectivity index (χ2n) is 10.5. The van der Waals surface area contributed by atoms with E-state index in [1.807, 2.05) is 25.1 Å². The molecule has 2 saturated heterocycles. The molecule has 2 aromatic heterocycles. The highest BCUT2D eigenvalue weighted by Crippen LogP contribution is 2.32. The van der Waals surface area contributed by atoms with Crippen molar-refractivity contribution in [3.8, 4) is 11.8 Å². The van der Waals surface area contributed by atoms with Crippen LogP contribution < -0.4 is 14.5 Å². The van der Waals surface area contributed by atoms with Crippen molar-refractivity contribution in [3.05, 3.63) is 30.0 Å². The molecular weight excluding hydrogens is 493 g/mol. The zero-order chi connectivity index (χ0) is 27.0. The molecule has 38 heavy (non-hydrogen) atoms. The number of rotatable bonds is 4. The largest absolute Gasteiger partial charge is 0.467 e. The Hall–Kier alpha value is -3.67. The van der Waals surface area contributed by atoms with Crippen molar-refractivity contribution in [1.29, 1.82) is 0 Å². The Morgan fingerprint density at radius 1 is 1.08 bits per heavy atom. The van der Waals surface area contributed by atoms with Crippen molar-refractivity contribution in [2.75, 3.05) is 62.8 Å². The molecular formula is C26H34FN7O4. The Kier molecular flexibility index (Phi) is 6.99. The highest BCUT2D eigenvalue weighted by molar-refractivity contribution is 5.86. The number of carbonyl (C=O) groups is 1. The molecule has 1 unspecified atom stereocenters. The van der Waals surface area contributed by atoms with E-state index < -0.39 is 18.0 Å². The minimum atomic E-state index is -1.38. The Morgan fingerprint density at radius 3 is 2.50 bits per heavy atom. The van der Waals surface area contributed by atoms with Crippen LogP contribution in [0, 0.1) is 6.92 Å². The third-order valence-electron chi connectivity index (χ3n) is 6.58. The van der Waals surface area contributed by atoms with E-state index >= 15 is 4.39 Å². The van der Waals surface area contributed by atoms with Crippen molar-refractivity contribution in [2.45, 2.75) is 39.6 Å². The average molecular weight is 528 g/mol. The van der Waals surface area contributed by atoms with Crippen LogP contribution in [0.25, 0.3) is 16.7 Å². The Labute approximate surface area is 221 Å². The molecule has 0 N–H and O–H groups in total. The first kappa shape index (κ1) is 26.0. The number of amides is 1. The zero-order valence-electron chi connectivity index (χ0n) is 22.5. The number of anilines is 2. The number of aryl methyl sites for hydroxylation is 1. The lowest BCUT2D eigenvalue weighted by Crippen LogP contribution is -2.54. The van der Waals surface area contributed by atoms with E-state index in [0.29, 0.717) is 32.1 Å². The number of hydrogen-bond acceptors (Lipinski definition) is 9. The maximum atomic E-state index is 15.5. The van der Waals surface area contributed by atoms with Crippen LogP contribution in [-0.4, -0.2) is 95.7 Å². The topological polar surface area (TPSA) is 98.1 Å². The molecule has 1 aromatic carbocycles. The molecule has 5 rings (SSSR count). The summed E-state index contributed by atoms with van der Waals surface area (Å²) in [5.74, 6) is 1.28. The number of halogens is 1. The number of aromatic nitrogens is 4. The van der Waals surface area contributed by atoms with E-state index in [1.165, 1.54) is 12.0 Å². The summed E-state index contributed by atoms with van der Waals surface area (Å²) in [7, 11) is 1.53. The van der Waals surface area contributed by atoms with Gasteiger partial charge in [0.25, 0.3) is 0 Å². The average Bonchev–Trinajstić information content (AvgIpc) is 3.30. The maximum Gasteiger partial charge on any atom is 0.410 e. The van der Waals surface area contributed by atoms with Gasteiger partial charge in [0.2, 0.25) is 0 Å². The molecule has 2 aliphatic heterocycles. The van der Waals surface area contributed by atoms with Gasteiger partial charge in [-0.3, -0.25) is 0 Å². The molecule has 0 aliphatic carbocycles. The number of piperazine rings is 1. The van der Waals surface area contributed by atoms with Gasteiger partial charge in [-0.2, -0.15) is 15.1 Å². The van der Waals surface area contributed by atoms with Gasteiger partial charge >= 0.3 is 12.1 Å². The number of fused-ring (bicyclic) bond motifs is 1. The molecule has 4 heterocycles. The van der Waals surface area contributed by atoms with Crippen molar-refractivity contribution >= 4 is 28.5 Å². The van der Waals surface area contributed by atoms with Crippen molar-refractivity contribution in [1.82, 2.24) is 24.6 Å². The van der Waals surface area contributed by atoms with E-state index in [1.54, 1.807) is 36.5 Å². The lowest BCUT2D eigenvalue weighted by atomic mass is 10.1. The summed E-state index contributed by atoms with van der Waals surface area (Å²) in [4.78, 5) is 26.8. The number of nitrogens with zero attached hydrogens (tertiary/aromatic N) is 7. The first-order chi connectivity index (χ1) is 18.1. The van der Waals surface area contributed by atoms with E-state index in [9.17, 15) is 4.79 Å². The highest BCUT2D eigenvalue weighted by Gasteiger charge is 2.33. The molecule has 2 fully saturated rings. The van der Waals surface area contributed by atoms with Gasteiger partial charge in [-0.15, -0.1) is 0 Å². The van der Waals surface area contributed by atoms with Gasteiger partial charge in [0.1, 0.15) is 11.4 Å². The summed E-state index contributed by atoms with van der Waals surface area (Å²) < 4.78 is 33.5. The number of methoxy groups -OCH3 is 1. The maximum absolute atomic E-state index is 15.5. The second kappa shape index (κ2) is 10.2. The summed E-state index contributed by atoms with van der Waals surface area (Å²) in [6.07, 6.45) is -0.114. The van der Waals surface area contributed by atoms with Gasteiger partial charge in [0.15, 0.2) is 12.1 Å². The zero-order valence-corrected chi connectivity index (χ0v) is 22.5. The van der Waals surface area contributed by atoms with Crippen molar-refractivity contribution in [2.24, 2.45) is 0 Å². The smallest absolute Gasteiger partial charge is 0.410 e. The predicted octanol–water partition coefficient (Wildman–Crippen LogP) is 3.32. The monoisotopic (exact) mass is 527 g/mol. The summed E-state index contributed by atoms with van der Waals surface area (Å²) in [5.41, 5.74) is 1.80. The minimum Gasteiger partial charge on any atom is -0.467 e. The number of hydrogen-bond donors (Lipinski definition) is 0. The number of morpholine rings is 1. The first-order valence-electron chi connectivity index (χ1n) is 12.8. The van der Waals surface area contributed by atoms with Gasteiger partial charge in [0, 0.05) is 43.3 Å². The molecule has 0 radical (unpaired) electrons. The number of ether oxygens (including phenoxy) is 3. The van der Waals surface area contributed by atoms with Crippen LogP contribution in [0.1, 0.15) is 26.3 Å². The Morgan fingerprint density at radius 2 is 1.82 bits per heavy atom. The quantitative estimate of drug-likeness (QED) is 0.473. The van der Waals surface area contributed by atoms with Crippen LogP contribution in [0.2, 0.25) is 0 Å².